The molecule has 35 heavy (non-hydrogen) atoms. The van der Waals surface area contributed by atoms with E-state index >= 15 is 0 Å². The Morgan fingerprint density at radius 1 is 1.03 bits per heavy atom. The number of pyridine rings is 1. The topological polar surface area (TPSA) is 97.9 Å². The average molecular weight is 479 g/mol. The van der Waals surface area contributed by atoms with Crippen molar-refractivity contribution in [2.24, 2.45) is 0 Å². The summed E-state index contributed by atoms with van der Waals surface area (Å²) in [5.41, 5.74) is 1.78. The summed E-state index contributed by atoms with van der Waals surface area (Å²) >= 11 is 0. The highest BCUT2D eigenvalue weighted by molar-refractivity contribution is 5.86. The number of benzene rings is 1. The van der Waals surface area contributed by atoms with Crippen molar-refractivity contribution in [3.05, 3.63) is 64.9 Å². The molecule has 5 rings (SSSR count). The molecule has 184 valence electrons. The van der Waals surface area contributed by atoms with E-state index in [0.29, 0.717) is 24.3 Å². The predicted molar refractivity (Wildman–Crippen MR) is 128 cm³/mol. The molecular formula is C26H30N4O5. The van der Waals surface area contributed by atoms with E-state index < -0.39 is 5.76 Å². The van der Waals surface area contributed by atoms with Crippen LogP contribution in [-0.2, 0) is 27.5 Å². The lowest BCUT2D eigenvalue weighted by Crippen LogP contribution is -2.46. The molecule has 2 aromatic heterocycles. The smallest absolute Gasteiger partial charge is 0.408 e. The zero-order valence-electron chi connectivity index (χ0n) is 19.7. The molecule has 1 aromatic carbocycles. The summed E-state index contributed by atoms with van der Waals surface area (Å²) in [6.45, 7) is 0.786. The zero-order valence-corrected chi connectivity index (χ0v) is 19.7. The Kier molecular flexibility index (Phi) is 6.94. The number of carbonyl (C=O) groups is 2. The van der Waals surface area contributed by atoms with Crippen molar-refractivity contribution < 1.29 is 18.7 Å². The molecule has 1 atom stereocenters. The van der Waals surface area contributed by atoms with Crippen LogP contribution in [-0.4, -0.2) is 62.9 Å². The van der Waals surface area contributed by atoms with E-state index in [2.05, 4.69) is 4.98 Å². The molecule has 0 spiro atoms. The van der Waals surface area contributed by atoms with Gasteiger partial charge < -0.3 is 19.0 Å². The molecule has 3 aromatic rings. The molecule has 1 aliphatic heterocycles. The van der Waals surface area contributed by atoms with E-state index in [0.717, 1.165) is 31.4 Å². The standard InChI is InChI=1S/C26H30N4O5/c31-24(17-30-22-11-4-5-12-23(22)35-26(30)33)28-14-21(34-18-19-8-6-7-13-27-19)15-29(25(32)16-28)20-9-2-1-3-10-20/h4-8,11-13,20-21H,1-3,9-10,14-18H2. The molecule has 0 N–H and O–H groups in total. The van der Waals surface area contributed by atoms with Gasteiger partial charge in [-0.05, 0) is 37.1 Å². The maximum atomic E-state index is 13.3. The van der Waals surface area contributed by atoms with Crippen LogP contribution in [0.5, 0.6) is 0 Å². The number of carbonyl (C=O) groups excluding carboxylic acids is 2. The third-order valence-corrected chi connectivity index (χ3v) is 6.90. The summed E-state index contributed by atoms with van der Waals surface area (Å²) in [7, 11) is 0. The zero-order chi connectivity index (χ0) is 24.2. The summed E-state index contributed by atoms with van der Waals surface area (Å²) < 4.78 is 12.8. The normalized spacial score (nSPS) is 19.8. The third-order valence-electron chi connectivity index (χ3n) is 6.90. The van der Waals surface area contributed by atoms with Crippen molar-refractivity contribution in [2.45, 2.75) is 57.4 Å². The van der Waals surface area contributed by atoms with Gasteiger partial charge in [-0.2, -0.15) is 0 Å². The molecule has 9 nitrogen and oxygen atoms in total. The van der Waals surface area contributed by atoms with Gasteiger partial charge in [0.2, 0.25) is 11.8 Å². The Morgan fingerprint density at radius 2 is 1.83 bits per heavy atom. The first-order valence-electron chi connectivity index (χ1n) is 12.3. The summed E-state index contributed by atoms with van der Waals surface area (Å²) in [6, 6.07) is 12.8. The number of oxazole rings is 1. The molecule has 1 unspecified atom stereocenters. The van der Waals surface area contributed by atoms with Gasteiger partial charge in [-0.15, -0.1) is 0 Å². The summed E-state index contributed by atoms with van der Waals surface area (Å²) in [6.07, 6.45) is 6.71. The van der Waals surface area contributed by atoms with Crippen molar-refractivity contribution in [1.82, 2.24) is 19.4 Å². The summed E-state index contributed by atoms with van der Waals surface area (Å²) in [4.78, 5) is 46.8. The fourth-order valence-electron chi connectivity index (χ4n) is 5.07. The molecule has 2 aliphatic rings. The van der Waals surface area contributed by atoms with Crippen LogP contribution >= 0.6 is 0 Å². The lowest BCUT2D eigenvalue weighted by molar-refractivity contribution is -0.140. The van der Waals surface area contributed by atoms with Gasteiger partial charge in [0.1, 0.15) is 6.54 Å². The number of para-hydroxylation sites is 2. The van der Waals surface area contributed by atoms with Crippen LogP contribution in [0.25, 0.3) is 11.1 Å². The SMILES string of the molecule is O=C(Cn1c(=O)oc2ccccc21)N1CC(=O)N(C2CCCCC2)CC(OCc2ccccn2)C1. The van der Waals surface area contributed by atoms with Gasteiger partial charge in [0, 0.05) is 25.3 Å². The van der Waals surface area contributed by atoms with Gasteiger partial charge in [-0.3, -0.25) is 19.1 Å². The Hall–Kier alpha value is -3.46. The molecule has 9 heteroatoms. The van der Waals surface area contributed by atoms with Crippen molar-refractivity contribution in [3.8, 4) is 0 Å². The maximum Gasteiger partial charge on any atom is 0.420 e. The van der Waals surface area contributed by atoms with Crippen molar-refractivity contribution in [1.29, 1.82) is 0 Å². The van der Waals surface area contributed by atoms with E-state index in [1.54, 1.807) is 30.5 Å². The molecule has 1 saturated carbocycles. The molecule has 1 saturated heterocycles. The highest BCUT2D eigenvalue weighted by atomic mass is 16.5. The summed E-state index contributed by atoms with van der Waals surface area (Å²) in [5, 5.41) is 0. The molecule has 2 amide bonds. The molecule has 2 fully saturated rings. The molecular weight excluding hydrogens is 448 g/mol. The first-order valence-corrected chi connectivity index (χ1v) is 12.3. The largest absolute Gasteiger partial charge is 0.420 e. The van der Waals surface area contributed by atoms with Crippen LogP contribution in [0.2, 0.25) is 0 Å². The Morgan fingerprint density at radius 3 is 2.63 bits per heavy atom. The first-order chi connectivity index (χ1) is 17.1. The molecule has 0 radical (unpaired) electrons. The van der Waals surface area contributed by atoms with E-state index in [-0.39, 0.29) is 43.6 Å². The van der Waals surface area contributed by atoms with E-state index in [4.69, 9.17) is 9.15 Å². The quantitative estimate of drug-likeness (QED) is 0.540. The number of rotatable bonds is 6. The number of hydrogen-bond donors (Lipinski definition) is 0. The van der Waals surface area contributed by atoms with Crippen LogP contribution in [0.1, 0.15) is 37.8 Å². The Labute approximate surface area is 203 Å². The van der Waals surface area contributed by atoms with Crippen molar-refractivity contribution >= 4 is 22.9 Å². The minimum atomic E-state index is -0.590. The monoisotopic (exact) mass is 478 g/mol. The second-order valence-corrected chi connectivity index (χ2v) is 9.29. The van der Waals surface area contributed by atoms with Crippen LogP contribution in [0, 0.1) is 0 Å². The second-order valence-electron chi connectivity index (χ2n) is 9.29. The minimum absolute atomic E-state index is 0.0245. The van der Waals surface area contributed by atoms with Gasteiger partial charge in [0.25, 0.3) is 0 Å². The molecule has 1 aliphatic carbocycles. The number of amides is 2. The van der Waals surface area contributed by atoms with Crippen molar-refractivity contribution in [3.63, 3.8) is 0 Å². The number of nitrogens with zero attached hydrogens (tertiary/aromatic N) is 4. The maximum absolute atomic E-state index is 13.3. The number of aromatic nitrogens is 2. The van der Waals surface area contributed by atoms with Gasteiger partial charge in [0.15, 0.2) is 5.58 Å². The van der Waals surface area contributed by atoms with Gasteiger partial charge in [0.05, 0.1) is 30.5 Å². The van der Waals surface area contributed by atoms with E-state index in [1.807, 2.05) is 23.1 Å². The first kappa shape index (κ1) is 23.3. The number of hydrogen-bond acceptors (Lipinski definition) is 6. The average Bonchev–Trinajstić information content (AvgIpc) is 3.09. The number of ether oxygens (including phenoxy) is 1. The predicted octanol–water partition coefficient (Wildman–Crippen LogP) is 2.58. The van der Waals surface area contributed by atoms with Crippen LogP contribution in [0.15, 0.2) is 57.9 Å². The van der Waals surface area contributed by atoms with Gasteiger partial charge in [-0.25, -0.2) is 4.79 Å². The van der Waals surface area contributed by atoms with Crippen LogP contribution in [0.4, 0.5) is 0 Å². The van der Waals surface area contributed by atoms with Crippen LogP contribution < -0.4 is 5.76 Å². The minimum Gasteiger partial charge on any atom is -0.408 e. The Bertz CT molecular complexity index is 1230. The number of fused-ring (bicyclic) bond motifs is 1. The lowest BCUT2D eigenvalue weighted by atomic mass is 9.94. The Balaban J connectivity index is 1.35. The second kappa shape index (κ2) is 10.4. The van der Waals surface area contributed by atoms with E-state index in [1.165, 1.54) is 15.9 Å². The molecule has 0 bridgehead atoms. The molecule has 3 heterocycles. The fourth-order valence-corrected chi connectivity index (χ4v) is 5.07. The summed E-state index contributed by atoms with van der Waals surface area (Å²) in [5.74, 6) is -0.977. The third kappa shape index (κ3) is 5.30. The van der Waals surface area contributed by atoms with E-state index in [9.17, 15) is 14.4 Å². The highest BCUT2D eigenvalue weighted by Crippen LogP contribution is 2.25. The lowest BCUT2D eigenvalue weighted by Gasteiger charge is -2.34. The highest BCUT2D eigenvalue weighted by Gasteiger charge is 2.35. The van der Waals surface area contributed by atoms with Gasteiger partial charge >= 0.3 is 5.76 Å². The van der Waals surface area contributed by atoms with Crippen molar-refractivity contribution in [2.75, 3.05) is 19.6 Å². The van der Waals surface area contributed by atoms with Gasteiger partial charge in [-0.1, -0.05) is 37.5 Å². The fraction of sp³-hybridized carbons (Fsp3) is 0.462. The van der Waals surface area contributed by atoms with Crippen LogP contribution in [0.3, 0.4) is 0 Å².